The third-order valence-electron chi connectivity index (χ3n) is 4.90. The molecular weight excluding hydrogens is 294 g/mol. The molecule has 1 aromatic carbocycles. The lowest BCUT2D eigenvalue weighted by Gasteiger charge is -2.39. The first-order valence-electron chi connectivity index (χ1n) is 8.33. The van der Waals surface area contributed by atoms with Gasteiger partial charge in [-0.15, -0.1) is 0 Å². The summed E-state index contributed by atoms with van der Waals surface area (Å²) in [6.45, 7) is 2.00. The van der Waals surface area contributed by atoms with Crippen molar-refractivity contribution >= 4 is 0 Å². The molecule has 1 aliphatic heterocycles. The molecule has 1 aromatic rings. The Morgan fingerprint density at radius 3 is 2.48 bits per heavy atom. The Kier molecular flexibility index (Phi) is 5.09. The van der Waals surface area contributed by atoms with E-state index in [-0.39, 0.29) is 0 Å². The van der Waals surface area contributed by atoms with E-state index in [1.54, 1.807) is 21.3 Å². The predicted molar refractivity (Wildman–Crippen MR) is 88.2 cm³/mol. The normalized spacial score (nSPS) is 22.5. The highest BCUT2D eigenvalue weighted by Gasteiger charge is 2.40. The number of benzene rings is 1. The predicted octanol–water partition coefficient (Wildman–Crippen LogP) is 2.02. The summed E-state index contributed by atoms with van der Waals surface area (Å²) in [5, 5.41) is 10.1. The fourth-order valence-corrected chi connectivity index (χ4v) is 3.71. The molecule has 1 saturated carbocycles. The molecule has 0 saturated heterocycles. The number of methoxy groups -OCH3 is 3. The standard InChI is InChI=1S/C18H27NO4/c1-21-11-14(20)10-19-7-6-13-8-16(22-2)17(23-3)9-15(13)18(19)12-4-5-12/h8-9,12,14,18,20H,4-7,10-11H2,1-3H3. The molecule has 23 heavy (non-hydrogen) atoms. The summed E-state index contributed by atoms with van der Waals surface area (Å²) < 4.78 is 16.0. The van der Waals surface area contributed by atoms with Gasteiger partial charge >= 0.3 is 0 Å². The van der Waals surface area contributed by atoms with Crippen molar-refractivity contribution in [1.29, 1.82) is 0 Å². The van der Waals surface area contributed by atoms with Crippen LogP contribution in [0.4, 0.5) is 0 Å². The number of β-amino-alcohol motifs (C(OH)–C–C–N with tert-alkyl or cyclic N) is 1. The maximum atomic E-state index is 10.1. The minimum atomic E-state index is -0.442. The Balaban J connectivity index is 1.89. The Labute approximate surface area is 138 Å². The quantitative estimate of drug-likeness (QED) is 0.833. The van der Waals surface area contributed by atoms with Crippen molar-refractivity contribution in [1.82, 2.24) is 4.90 Å². The lowest BCUT2D eigenvalue weighted by atomic mass is 9.89. The minimum absolute atomic E-state index is 0.366. The fourth-order valence-electron chi connectivity index (χ4n) is 3.71. The molecule has 1 N–H and O–H groups in total. The van der Waals surface area contributed by atoms with E-state index in [9.17, 15) is 5.11 Å². The van der Waals surface area contributed by atoms with Gasteiger partial charge in [-0.2, -0.15) is 0 Å². The van der Waals surface area contributed by atoms with Gasteiger partial charge in [0.15, 0.2) is 11.5 Å². The van der Waals surface area contributed by atoms with Gasteiger partial charge in [0.1, 0.15) is 0 Å². The first kappa shape index (κ1) is 16.6. The molecule has 5 heteroatoms. The van der Waals surface area contributed by atoms with Crippen LogP contribution in [0, 0.1) is 5.92 Å². The van der Waals surface area contributed by atoms with Crippen molar-refractivity contribution in [3.63, 3.8) is 0 Å². The number of fused-ring (bicyclic) bond motifs is 1. The van der Waals surface area contributed by atoms with Gasteiger partial charge < -0.3 is 19.3 Å². The van der Waals surface area contributed by atoms with Gasteiger partial charge in [-0.05, 0) is 48.4 Å². The van der Waals surface area contributed by atoms with Crippen LogP contribution < -0.4 is 9.47 Å². The molecule has 5 nitrogen and oxygen atoms in total. The monoisotopic (exact) mass is 321 g/mol. The third-order valence-corrected chi connectivity index (χ3v) is 4.90. The average molecular weight is 321 g/mol. The topological polar surface area (TPSA) is 51.2 Å². The smallest absolute Gasteiger partial charge is 0.161 e. The lowest BCUT2D eigenvalue weighted by molar-refractivity contribution is 0.0206. The van der Waals surface area contributed by atoms with E-state index in [0.717, 1.165) is 24.5 Å². The largest absolute Gasteiger partial charge is 0.493 e. The molecule has 1 aliphatic carbocycles. The molecule has 0 aromatic heterocycles. The number of ether oxygens (including phenoxy) is 3. The molecule has 0 amide bonds. The van der Waals surface area contributed by atoms with Crippen molar-refractivity contribution < 1.29 is 19.3 Å². The Morgan fingerprint density at radius 1 is 1.17 bits per heavy atom. The van der Waals surface area contributed by atoms with E-state index < -0.39 is 6.10 Å². The zero-order valence-electron chi connectivity index (χ0n) is 14.2. The summed E-state index contributed by atoms with van der Waals surface area (Å²) in [5.41, 5.74) is 2.68. The Hall–Kier alpha value is -1.30. The second kappa shape index (κ2) is 7.07. The van der Waals surface area contributed by atoms with Crippen molar-refractivity contribution in [2.75, 3.05) is 41.0 Å². The number of hydrogen-bond donors (Lipinski definition) is 1. The van der Waals surface area contributed by atoms with Gasteiger partial charge in [0, 0.05) is 26.2 Å². The van der Waals surface area contributed by atoms with Crippen LogP contribution in [0.1, 0.15) is 30.0 Å². The maximum absolute atomic E-state index is 10.1. The third kappa shape index (κ3) is 3.47. The highest BCUT2D eigenvalue weighted by atomic mass is 16.5. The molecule has 2 unspecified atom stereocenters. The highest BCUT2D eigenvalue weighted by Crippen LogP contribution is 2.49. The summed E-state index contributed by atoms with van der Waals surface area (Å²) in [7, 11) is 4.99. The van der Waals surface area contributed by atoms with Gasteiger partial charge in [0.25, 0.3) is 0 Å². The molecule has 0 spiro atoms. The number of aliphatic hydroxyl groups is 1. The summed E-state index contributed by atoms with van der Waals surface area (Å²) >= 11 is 0. The molecule has 0 bridgehead atoms. The number of nitrogens with zero attached hydrogens (tertiary/aromatic N) is 1. The van der Waals surface area contributed by atoms with E-state index in [1.807, 2.05) is 0 Å². The van der Waals surface area contributed by atoms with Crippen molar-refractivity contribution in [2.24, 2.45) is 5.92 Å². The van der Waals surface area contributed by atoms with Gasteiger partial charge in [-0.1, -0.05) is 0 Å². The summed E-state index contributed by atoms with van der Waals surface area (Å²) in [5.74, 6) is 2.27. The average Bonchev–Trinajstić information content (AvgIpc) is 3.38. The summed E-state index contributed by atoms with van der Waals surface area (Å²) in [6.07, 6.45) is 3.05. The summed E-state index contributed by atoms with van der Waals surface area (Å²) in [4.78, 5) is 2.41. The zero-order chi connectivity index (χ0) is 16.4. The minimum Gasteiger partial charge on any atom is -0.493 e. The first-order valence-corrected chi connectivity index (χ1v) is 8.33. The van der Waals surface area contributed by atoms with E-state index in [0.29, 0.717) is 25.1 Å². The number of rotatable bonds is 7. The van der Waals surface area contributed by atoms with E-state index in [1.165, 1.54) is 24.0 Å². The van der Waals surface area contributed by atoms with Crippen LogP contribution >= 0.6 is 0 Å². The molecule has 1 heterocycles. The van der Waals surface area contributed by atoms with Crippen LogP contribution in [0.2, 0.25) is 0 Å². The van der Waals surface area contributed by atoms with Crippen LogP contribution in [-0.2, 0) is 11.2 Å². The van der Waals surface area contributed by atoms with Crippen LogP contribution in [0.3, 0.4) is 0 Å². The molecular formula is C18H27NO4. The Bertz CT molecular complexity index is 544. The summed E-state index contributed by atoms with van der Waals surface area (Å²) in [6, 6.07) is 4.61. The second-order valence-corrected chi connectivity index (χ2v) is 6.54. The van der Waals surface area contributed by atoms with Gasteiger partial charge in [-0.3, -0.25) is 4.90 Å². The number of hydrogen-bond acceptors (Lipinski definition) is 5. The highest BCUT2D eigenvalue weighted by molar-refractivity contribution is 5.49. The van der Waals surface area contributed by atoms with Crippen LogP contribution in [0.25, 0.3) is 0 Å². The van der Waals surface area contributed by atoms with Crippen molar-refractivity contribution in [3.8, 4) is 11.5 Å². The van der Waals surface area contributed by atoms with E-state index >= 15 is 0 Å². The van der Waals surface area contributed by atoms with Gasteiger partial charge in [0.2, 0.25) is 0 Å². The van der Waals surface area contributed by atoms with Crippen LogP contribution in [-0.4, -0.2) is 57.1 Å². The van der Waals surface area contributed by atoms with Crippen molar-refractivity contribution in [2.45, 2.75) is 31.4 Å². The van der Waals surface area contributed by atoms with Crippen LogP contribution in [0.15, 0.2) is 12.1 Å². The number of aliphatic hydroxyl groups excluding tert-OH is 1. The molecule has 128 valence electrons. The zero-order valence-corrected chi connectivity index (χ0v) is 14.2. The van der Waals surface area contributed by atoms with Gasteiger partial charge in [-0.25, -0.2) is 0 Å². The van der Waals surface area contributed by atoms with E-state index in [4.69, 9.17) is 14.2 Å². The fraction of sp³-hybridized carbons (Fsp3) is 0.667. The van der Waals surface area contributed by atoms with Gasteiger partial charge in [0.05, 0.1) is 26.9 Å². The SMILES string of the molecule is COCC(O)CN1CCc2cc(OC)c(OC)cc2C1C1CC1. The van der Waals surface area contributed by atoms with E-state index in [2.05, 4.69) is 17.0 Å². The first-order chi connectivity index (χ1) is 11.2. The molecule has 2 aliphatic rings. The lowest BCUT2D eigenvalue weighted by Crippen LogP contribution is -2.42. The second-order valence-electron chi connectivity index (χ2n) is 6.54. The van der Waals surface area contributed by atoms with Crippen LogP contribution in [0.5, 0.6) is 11.5 Å². The Morgan fingerprint density at radius 2 is 1.87 bits per heavy atom. The molecule has 3 rings (SSSR count). The molecule has 0 radical (unpaired) electrons. The maximum Gasteiger partial charge on any atom is 0.161 e. The molecule has 2 atom stereocenters. The molecule has 1 fully saturated rings. The van der Waals surface area contributed by atoms with Crippen molar-refractivity contribution in [3.05, 3.63) is 23.3 Å².